The maximum atomic E-state index is 12.1. The van der Waals surface area contributed by atoms with Gasteiger partial charge < -0.3 is 10.6 Å². The van der Waals surface area contributed by atoms with Gasteiger partial charge in [0.1, 0.15) is 0 Å². The topological polar surface area (TPSA) is 27.3 Å². The third kappa shape index (κ3) is 4.50. The molecule has 78 valence electrons. The van der Waals surface area contributed by atoms with Crippen molar-refractivity contribution in [1.29, 1.82) is 0 Å². The van der Waals surface area contributed by atoms with Gasteiger partial charge in [0.15, 0.2) is 6.30 Å². The lowest BCUT2D eigenvalue weighted by molar-refractivity contribution is -0.0917. The molecule has 2 saturated heterocycles. The van der Waals surface area contributed by atoms with Crippen LogP contribution >= 0.6 is 0 Å². The fourth-order valence-electron chi connectivity index (χ4n) is 1.27. The van der Waals surface area contributed by atoms with Crippen LogP contribution in [0.1, 0.15) is 12.8 Å². The Balaban J connectivity index is 0.000000145. The summed E-state index contributed by atoms with van der Waals surface area (Å²) < 4.78 is 24.1. The summed E-state index contributed by atoms with van der Waals surface area (Å²) >= 11 is 0. The summed E-state index contributed by atoms with van der Waals surface area (Å²) in [6.45, 7) is 3.30. The largest absolute Gasteiger partial charge is 0.317 e. The van der Waals surface area contributed by atoms with Gasteiger partial charge in [-0.15, -0.1) is 9.60 Å². The Morgan fingerprint density at radius 1 is 1.08 bits per heavy atom. The lowest BCUT2D eigenvalue weighted by atomic mass is 10.4. The van der Waals surface area contributed by atoms with E-state index in [1.54, 1.807) is 0 Å². The monoisotopic (exact) mass is 193 g/mol. The number of alkyl halides is 1. The number of piperazine rings is 1. The van der Waals surface area contributed by atoms with Crippen molar-refractivity contribution in [3.8, 4) is 0 Å². The highest BCUT2D eigenvalue weighted by Gasteiger charge is 2.19. The number of rotatable bonds is 0. The Labute approximate surface area is 77.4 Å². The minimum Gasteiger partial charge on any atom is -0.317 e. The summed E-state index contributed by atoms with van der Waals surface area (Å²) in [4.78, 5) is 0. The van der Waals surface area contributed by atoms with E-state index >= 15 is 0 Å². The minimum atomic E-state index is -1.44. The molecular formula is C8H17F2N3. The Kier molecular flexibility index (Phi) is 5.19. The molecule has 1 unspecified atom stereocenters. The first-order valence-corrected chi connectivity index (χ1v) is 4.78. The Morgan fingerprint density at radius 2 is 1.77 bits per heavy atom. The molecule has 2 N–H and O–H groups in total. The summed E-state index contributed by atoms with van der Waals surface area (Å²) in [5.74, 6) is 0. The molecule has 3 nitrogen and oxygen atoms in total. The second-order valence-corrected chi connectivity index (χ2v) is 3.22. The molecule has 2 aliphatic rings. The van der Waals surface area contributed by atoms with Crippen LogP contribution in [0.3, 0.4) is 0 Å². The summed E-state index contributed by atoms with van der Waals surface area (Å²) in [5, 5.41) is 6.14. The van der Waals surface area contributed by atoms with Crippen molar-refractivity contribution < 1.29 is 8.87 Å². The molecule has 0 radical (unpaired) electrons. The molecule has 0 bridgehead atoms. The first kappa shape index (κ1) is 10.8. The maximum absolute atomic E-state index is 12.1. The summed E-state index contributed by atoms with van der Waals surface area (Å²) in [5.41, 5.74) is 0. The number of hydrogen-bond donors (Lipinski definition) is 2. The van der Waals surface area contributed by atoms with E-state index in [-0.39, 0.29) is 18.2 Å². The lowest BCUT2D eigenvalue weighted by Gasteiger charge is -2.22. The van der Waals surface area contributed by atoms with Gasteiger partial charge in [-0.05, 0) is 25.9 Å². The second kappa shape index (κ2) is 6.23. The van der Waals surface area contributed by atoms with E-state index in [4.69, 9.17) is 0 Å². The molecular weight excluding hydrogens is 176 g/mol. The molecule has 1 atom stereocenters. The molecule has 2 fully saturated rings. The van der Waals surface area contributed by atoms with Gasteiger partial charge in [0.2, 0.25) is 0 Å². The molecule has 0 spiro atoms. The van der Waals surface area contributed by atoms with Crippen LogP contribution in [0.4, 0.5) is 8.87 Å². The van der Waals surface area contributed by atoms with Gasteiger partial charge in [0.25, 0.3) is 0 Å². The number of hydrogen-bond acceptors (Lipinski definition) is 3. The molecule has 0 amide bonds. The number of halogens is 2. The molecule has 0 aromatic rings. The zero-order chi connectivity index (χ0) is 9.52. The van der Waals surface area contributed by atoms with Crippen molar-refractivity contribution in [3.05, 3.63) is 0 Å². The SMILES string of the molecule is C1CCNC1.FC1CNCCN1F. The molecule has 13 heavy (non-hydrogen) atoms. The van der Waals surface area contributed by atoms with Gasteiger partial charge in [-0.2, -0.15) is 0 Å². The van der Waals surface area contributed by atoms with E-state index in [1.165, 1.54) is 25.9 Å². The van der Waals surface area contributed by atoms with E-state index in [0.29, 0.717) is 6.54 Å². The van der Waals surface area contributed by atoms with Crippen molar-refractivity contribution in [2.45, 2.75) is 19.1 Å². The molecule has 0 aliphatic carbocycles. The average Bonchev–Trinajstić information content (AvgIpc) is 2.68. The predicted molar refractivity (Wildman–Crippen MR) is 47.7 cm³/mol. The first-order valence-electron chi connectivity index (χ1n) is 4.78. The fraction of sp³-hybridized carbons (Fsp3) is 1.00. The van der Waals surface area contributed by atoms with Crippen molar-refractivity contribution >= 4 is 0 Å². The van der Waals surface area contributed by atoms with E-state index in [1.807, 2.05) is 0 Å². The zero-order valence-electron chi connectivity index (χ0n) is 7.73. The van der Waals surface area contributed by atoms with E-state index in [9.17, 15) is 8.87 Å². The van der Waals surface area contributed by atoms with Crippen LogP contribution in [0.15, 0.2) is 0 Å². The van der Waals surface area contributed by atoms with Crippen LogP contribution in [0.25, 0.3) is 0 Å². The van der Waals surface area contributed by atoms with Gasteiger partial charge in [0.05, 0.1) is 0 Å². The third-order valence-electron chi connectivity index (χ3n) is 2.08. The summed E-state index contributed by atoms with van der Waals surface area (Å²) in [7, 11) is 0. The average molecular weight is 193 g/mol. The lowest BCUT2D eigenvalue weighted by Crippen LogP contribution is -2.44. The van der Waals surface area contributed by atoms with Crippen molar-refractivity contribution in [1.82, 2.24) is 15.8 Å². The number of nitrogens with zero attached hydrogens (tertiary/aromatic N) is 1. The smallest absolute Gasteiger partial charge is 0.192 e. The number of nitrogens with one attached hydrogen (secondary N) is 2. The van der Waals surface area contributed by atoms with E-state index in [0.717, 1.165) is 0 Å². The van der Waals surface area contributed by atoms with Gasteiger partial charge >= 0.3 is 0 Å². The first-order chi connectivity index (χ1) is 6.30. The third-order valence-corrected chi connectivity index (χ3v) is 2.08. The highest BCUT2D eigenvalue weighted by molar-refractivity contribution is 4.64. The van der Waals surface area contributed by atoms with Gasteiger partial charge in [-0.3, -0.25) is 0 Å². The molecule has 2 aliphatic heterocycles. The minimum absolute atomic E-state index is 0.108. The van der Waals surface area contributed by atoms with Crippen molar-refractivity contribution in [2.24, 2.45) is 0 Å². The molecule has 0 aromatic carbocycles. The molecule has 0 aromatic heterocycles. The Morgan fingerprint density at radius 3 is 2.08 bits per heavy atom. The van der Waals surface area contributed by atoms with Gasteiger partial charge in [-0.25, -0.2) is 4.39 Å². The maximum Gasteiger partial charge on any atom is 0.192 e. The van der Waals surface area contributed by atoms with E-state index in [2.05, 4.69) is 10.6 Å². The second-order valence-electron chi connectivity index (χ2n) is 3.22. The highest BCUT2D eigenvalue weighted by Crippen LogP contribution is 2.02. The standard InChI is InChI=1S/C4H8F2N2.C4H9N/c5-4-3-7-1-2-8(4)6;1-2-4-5-3-1/h4,7H,1-3H2;5H,1-4H2. The highest BCUT2D eigenvalue weighted by atomic mass is 19.2. The summed E-state index contributed by atoms with van der Waals surface area (Å²) in [6, 6.07) is 0. The zero-order valence-corrected chi connectivity index (χ0v) is 7.73. The van der Waals surface area contributed by atoms with Crippen LogP contribution in [-0.4, -0.2) is 44.1 Å². The van der Waals surface area contributed by atoms with E-state index < -0.39 is 6.30 Å². The van der Waals surface area contributed by atoms with Crippen LogP contribution in [0.2, 0.25) is 0 Å². The fourth-order valence-corrected chi connectivity index (χ4v) is 1.27. The predicted octanol–water partition coefficient (Wildman–Crippen LogP) is 0.441. The Bertz CT molecular complexity index is 113. The van der Waals surface area contributed by atoms with Crippen LogP contribution in [-0.2, 0) is 0 Å². The Hall–Kier alpha value is -0.260. The van der Waals surface area contributed by atoms with Crippen LogP contribution in [0, 0.1) is 0 Å². The van der Waals surface area contributed by atoms with Crippen LogP contribution < -0.4 is 10.6 Å². The van der Waals surface area contributed by atoms with Crippen molar-refractivity contribution in [3.63, 3.8) is 0 Å². The normalized spacial score (nSPS) is 29.5. The quantitative estimate of drug-likeness (QED) is 0.432. The molecule has 2 heterocycles. The summed E-state index contributed by atoms with van der Waals surface area (Å²) in [6.07, 6.45) is 1.34. The van der Waals surface area contributed by atoms with Gasteiger partial charge in [0, 0.05) is 19.6 Å². The van der Waals surface area contributed by atoms with Crippen LogP contribution in [0.5, 0.6) is 0 Å². The van der Waals surface area contributed by atoms with Crippen molar-refractivity contribution in [2.75, 3.05) is 32.7 Å². The van der Waals surface area contributed by atoms with Gasteiger partial charge in [-0.1, -0.05) is 0 Å². The molecule has 5 heteroatoms. The molecule has 2 rings (SSSR count). The molecule has 0 saturated carbocycles.